The van der Waals surface area contributed by atoms with E-state index in [-0.39, 0.29) is 0 Å². The van der Waals surface area contributed by atoms with Crippen LogP contribution in [0.15, 0.2) is 30.3 Å². The third kappa shape index (κ3) is 3.11. The van der Waals surface area contributed by atoms with E-state index >= 15 is 0 Å². The number of nitrogen functional groups attached to an aromatic ring is 1. The highest BCUT2D eigenvalue weighted by atomic mass is 32.2. The van der Waals surface area contributed by atoms with Gasteiger partial charge in [-0.15, -0.1) is 11.8 Å². The molecule has 0 aliphatic heterocycles. The molecule has 0 aliphatic carbocycles. The number of nitrogens with two attached hydrogens (primary N) is 1. The minimum Gasteiger partial charge on any atom is -0.383 e. The van der Waals surface area contributed by atoms with Gasteiger partial charge in [0.05, 0.1) is 6.20 Å². The first-order valence-corrected chi connectivity index (χ1v) is 8.70. The lowest BCUT2D eigenvalue weighted by molar-refractivity contribution is 0.776. The normalized spacial score (nSPS) is 11.9. The lowest BCUT2D eigenvalue weighted by atomic mass is 10.1. The first kappa shape index (κ1) is 16.4. The molecule has 0 radical (unpaired) electrons. The van der Waals surface area contributed by atoms with Crippen LogP contribution in [0.25, 0.3) is 11.2 Å². The summed E-state index contributed by atoms with van der Waals surface area (Å²) in [5.41, 5.74) is 8.88. The van der Waals surface area contributed by atoms with Crippen molar-refractivity contribution in [3.63, 3.8) is 0 Å². The second-order valence-electron chi connectivity index (χ2n) is 4.93. The molecule has 6 heteroatoms. The molecule has 0 aromatic carbocycles. The van der Waals surface area contributed by atoms with Crippen molar-refractivity contribution in [1.82, 2.24) is 14.6 Å². The topological polar surface area (TPSA) is 59.5 Å². The molecule has 2 aromatic rings. The number of anilines is 2. The number of rotatable bonds is 7. The largest absolute Gasteiger partial charge is 0.383 e. The summed E-state index contributed by atoms with van der Waals surface area (Å²) >= 11 is 1.63. The van der Waals surface area contributed by atoms with Gasteiger partial charge in [-0.25, -0.2) is 4.98 Å². The van der Waals surface area contributed by atoms with Gasteiger partial charge in [0.1, 0.15) is 11.6 Å². The van der Waals surface area contributed by atoms with Crippen LogP contribution in [0.3, 0.4) is 0 Å². The zero-order valence-corrected chi connectivity index (χ0v) is 14.2. The summed E-state index contributed by atoms with van der Waals surface area (Å²) in [6, 6.07) is 1.88. The predicted octanol–water partition coefficient (Wildman–Crippen LogP) is 3.44. The highest BCUT2D eigenvalue weighted by molar-refractivity contribution is 8.01. The van der Waals surface area contributed by atoms with E-state index < -0.39 is 0 Å². The number of thioether (sulfide) groups is 1. The fourth-order valence-electron chi connectivity index (χ4n) is 2.39. The van der Waals surface area contributed by atoms with Crippen LogP contribution in [0.1, 0.15) is 25.8 Å². The van der Waals surface area contributed by atoms with Gasteiger partial charge in [-0.05, 0) is 30.6 Å². The smallest absolute Gasteiger partial charge is 0.167 e. The van der Waals surface area contributed by atoms with E-state index in [2.05, 4.69) is 30.4 Å². The third-order valence-electron chi connectivity index (χ3n) is 3.46. The van der Waals surface area contributed by atoms with Crippen LogP contribution in [0.2, 0.25) is 0 Å². The van der Waals surface area contributed by atoms with Crippen molar-refractivity contribution >= 4 is 34.6 Å². The molecule has 0 saturated carbocycles. The van der Waals surface area contributed by atoms with E-state index in [1.807, 2.05) is 23.8 Å². The Morgan fingerprint density at radius 1 is 1.50 bits per heavy atom. The Labute approximate surface area is 135 Å². The summed E-state index contributed by atoms with van der Waals surface area (Å²) in [6.07, 6.45) is 6.70. The van der Waals surface area contributed by atoms with Gasteiger partial charge in [-0.3, -0.25) is 0 Å². The molecule has 2 rings (SSSR count). The molecule has 0 spiro atoms. The van der Waals surface area contributed by atoms with Crippen LogP contribution < -0.4 is 10.6 Å². The summed E-state index contributed by atoms with van der Waals surface area (Å²) in [5, 5.41) is 6.39. The van der Waals surface area contributed by atoms with Gasteiger partial charge >= 0.3 is 0 Å². The van der Waals surface area contributed by atoms with Gasteiger partial charge in [0, 0.05) is 24.7 Å². The van der Waals surface area contributed by atoms with Gasteiger partial charge in [0.15, 0.2) is 5.65 Å². The van der Waals surface area contributed by atoms with E-state index in [1.165, 1.54) is 0 Å². The molecule has 118 valence electrons. The van der Waals surface area contributed by atoms with Gasteiger partial charge in [0.25, 0.3) is 0 Å². The maximum Gasteiger partial charge on any atom is 0.167 e. The summed E-state index contributed by atoms with van der Waals surface area (Å²) in [6.45, 7) is 10.0. The number of allylic oxidation sites excluding steroid dienone is 2. The Morgan fingerprint density at radius 2 is 2.27 bits per heavy atom. The predicted molar refractivity (Wildman–Crippen MR) is 97.3 cm³/mol. The Bertz CT molecular complexity index is 689. The van der Waals surface area contributed by atoms with Gasteiger partial charge in [-0.1, -0.05) is 19.6 Å². The van der Waals surface area contributed by atoms with Crippen molar-refractivity contribution in [3.05, 3.63) is 35.9 Å². The summed E-state index contributed by atoms with van der Waals surface area (Å²) < 4.78 is 1.68. The molecule has 2 aromatic heterocycles. The molecule has 0 saturated heterocycles. The van der Waals surface area contributed by atoms with Crippen LogP contribution in [0.5, 0.6) is 0 Å². The Hall–Kier alpha value is -1.95. The monoisotopic (exact) mass is 317 g/mol. The molecule has 0 amide bonds. The van der Waals surface area contributed by atoms with Crippen molar-refractivity contribution in [3.8, 4) is 0 Å². The second kappa shape index (κ2) is 7.35. The van der Waals surface area contributed by atoms with Crippen molar-refractivity contribution < 1.29 is 0 Å². The average Bonchev–Trinajstić information content (AvgIpc) is 2.94. The number of aromatic nitrogens is 3. The van der Waals surface area contributed by atoms with Crippen molar-refractivity contribution in [2.24, 2.45) is 0 Å². The van der Waals surface area contributed by atoms with Crippen molar-refractivity contribution in [2.45, 2.75) is 20.3 Å². The Kier molecular flexibility index (Phi) is 5.49. The quantitative estimate of drug-likeness (QED) is 0.793. The average molecular weight is 317 g/mol. The van der Waals surface area contributed by atoms with Crippen LogP contribution in [-0.2, 0) is 0 Å². The molecule has 0 bridgehead atoms. The Balaban J connectivity index is 2.60. The third-order valence-corrected chi connectivity index (χ3v) is 3.95. The van der Waals surface area contributed by atoms with E-state index in [9.17, 15) is 0 Å². The van der Waals surface area contributed by atoms with E-state index in [0.717, 1.165) is 42.1 Å². The van der Waals surface area contributed by atoms with Crippen LogP contribution in [0.4, 0.5) is 11.6 Å². The molecule has 22 heavy (non-hydrogen) atoms. The van der Waals surface area contributed by atoms with Gasteiger partial charge < -0.3 is 10.6 Å². The van der Waals surface area contributed by atoms with Crippen LogP contribution in [0, 0.1) is 0 Å². The summed E-state index contributed by atoms with van der Waals surface area (Å²) in [7, 11) is 0. The second-order valence-corrected chi connectivity index (χ2v) is 5.63. The molecule has 0 unspecified atom stereocenters. The molecule has 0 aliphatic rings. The standard InChI is InChI=1S/C16H23N5S/c1-5-8-20(7-3)15-9-14(17)21-16(19-15)13(10-18-21)12(6-2)11-22-4/h6,9-11H,2,5,7-8,17H2,1,3-4H3/b12-11+. The number of nitrogens with zero attached hydrogens (tertiary/aromatic N) is 4. The number of hydrogen-bond acceptors (Lipinski definition) is 5. The SMILES string of the molecule is C=C/C(=C\SC)c1cnn2c(N)cc(N(CC)CCC)nc12. The summed E-state index contributed by atoms with van der Waals surface area (Å²) in [4.78, 5) is 7.01. The zero-order chi connectivity index (χ0) is 16.1. The zero-order valence-electron chi connectivity index (χ0n) is 13.4. The van der Waals surface area contributed by atoms with E-state index in [4.69, 9.17) is 10.7 Å². The summed E-state index contributed by atoms with van der Waals surface area (Å²) in [5.74, 6) is 1.48. The lowest BCUT2D eigenvalue weighted by Gasteiger charge is -2.21. The van der Waals surface area contributed by atoms with Crippen molar-refractivity contribution in [2.75, 3.05) is 30.0 Å². The first-order chi connectivity index (χ1) is 10.7. The first-order valence-electron chi connectivity index (χ1n) is 7.41. The van der Waals surface area contributed by atoms with Gasteiger partial charge in [-0.2, -0.15) is 9.61 Å². The molecule has 5 nitrogen and oxygen atoms in total. The minimum atomic E-state index is 0.591. The van der Waals surface area contributed by atoms with Crippen LogP contribution >= 0.6 is 11.8 Å². The minimum absolute atomic E-state index is 0.591. The molecule has 2 heterocycles. The molecular weight excluding hydrogens is 294 g/mol. The fourth-order valence-corrected chi connectivity index (χ4v) is 2.87. The molecule has 2 N–H and O–H groups in total. The lowest BCUT2D eigenvalue weighted by Crippen LogP contribution is -2.25. The van der Waals surface area contributed by atoms with E-state index in [0.29, 0.717) is 5.82 Å². The highest BCUT2D eigenvalue weighted by Gasteiger charge is 2.14. The number of hydrogen-bond donors (Lipinski definition) is 1. The van der Waals surface area contributed by atoms with E-state index in [1.54, 1.807) is 22.5 Å². The number of fused-ring (bicyclic) bond motifs is 1. The fraction of sp³-hybridized carbons (Fsp3) is 0.375. The molecule has 0 fully saturated rings. The molecular formula is C16H23N5S. The highest BCUT2D eigenvalue weighted by Crippen LogP contribution is 2.26. The maximum atomic E-state index is 6.16. The molecule has 0 atom stereocenters. The van der Waals surface area contributed by atoms with Gasteiger partial charge in [0.2, 0.25) is 0 Å². The van der Waals surface area contributed by atoms with Crippen LogP contribution in [-0.4, -0.2) is 33.9 Å². The van der Waals surface area contributed by atoms with Crippen molar-refractivity contribution in [1.29, 1.82) is 0 Å². The maximum absolute atomic E-state index is 6.16. The Morgan fingerprint density at radius 3 is 2.86 bits per heavy atom.